The number of nitrogens with zero attached hydrogens (tertiary/aromatic N) is 3. The highest BCUT2D eigenvalue weighted by molar-refractivity contribution is 5.77. The van der Waals surface area contributed by atoms with Crippen LogP contribution < -0.4 is 5.32 Å². The van der Waals surface area contributed by atoms with Gasteiger partial charge in [-0.25, -0.2) is 15.0 Å². The second-order valence-electron chi connectivity index (χ2n) is 5.79. The fraction of sp³-hybridized carbons (Fsp3) is 0.353. The number of rotatable bonds is 4. The molecule has 1 aliphatic rings. The van der Waals surface area contributed by atoms with Crippen molar-refractivity contribution in [2.24, 2.45) is 0 Å². The Balaban J connectivity index is 1.43. The molecule has 0 saturated carbocycles. The molecule has 112 valence electrons. The van der Waals surface area contributed by atoms with Gasteiger partial charge in [0.15, 0.2) is 0 Å². The van der Waals surface area contributed by atoms with Gasteiger partial charge < -0.3 is 10.3 Å². The van der Waals surface area contributed by atoms with Gasteiger partial charge in [-0.2, -0.15) is 0 Å². The molecule has 22 heavy (non-hydrogen) atoms. The van der Waals surface area contributed by atoms with E-state index in [1.807, 2.05) is 18.3 Å². The molecule has 0 unspecified atom stereocenters. The van der Waals surface area contributed by atoms with Gasteiger partial charge in [0, 0.05) is 35.9 Å². The summed E-state index contributed by atoms with van der Waals surface area (Å²) in [6, 6.07) is 6.09. The Labute approximate surface area is 129 Å². The Morgan fingerprint density at radius 2 is 2.09 bits per heavy atom. The number of hydrogen-bond acceptors (Lipinski definition) is 4. The number of aryl methyl sites for hydroxylation is 2. The monoisotopic (exact) mass is 293 g/mol. The van der Waals surface area contributed by atoms with Gasteiger partial charge in [-0.15, -0.1) is 0 Å². The SMILES string of the molecule is Cc1nc(CCNc2ccc3cc[nH]c3n2)nc2c1CCC2. The third-order valence-corrected chi connectivity index (χ3v) is 4.25. The van der Waals surface area contributed by atoms with Crippen molar-refractivity contribution >= 4 is 16.9 Å². The smallest absolute Gasteiger partial charge is 0.139 e. The zero-order valence-corrected chi connectivity index (χ0v) is 12.7. The fourth-order valence-corrected chi connectivity index (χ4v) is 3.13. The van der Waals surface area contributed by atoms with E-state index in [9.17, 15) is 0 Å². The zero-order chi connectivity index (χ0) is 14.9. The average molecular weight is 293 g/mol. The van der Waals surface area contributed by atoms with Crippen LogP contribution in [0.3, 0.4) is 0 Å². The number of aromatic nitrogens is 4. The average Bonchev–Trinajstić information content (AvgIpc) is 3.15. The molecule has 4 rings (SSSR count). The zero-order valence-electron chi connectivity index (χ0n) is 12.7. The van der Waals surface area contributed by atoms with Crippen molar-refractivity contribution in [3.05, 3.63) is 47.2 Å². The predicted octanol–water partition coefficient (Wildman–Crippen LogP) is 2.80. The van der Waals surface area contributed by atoms with Crippen molar-refractivity contribution in [2.75, 3.05) is 11.9 Å². The van der Waals surface area contributed by atoms with Crippen molar-refractivity contribution < 1.29 is 0 Å². The summed E-state index contributed by atoms with van der Waals surface area (Å²) in [6.45, 7) is 2.89. The first-order valence-electron chi connectivity index (χ1n) is 7.83. The van der Waals surface area contributed by atoms with Gasteiger partial charge in [-0.3, -0.25) is 0 Å². The van der Waals surface area contributed by atoms with Crippen LogP contribution in [-0.2, 0) is 19.3 Å². The van der Waals surface area contributed by atoms with Crippen LogP contribution in [0.5, 0.6) is 0 Å². The highest BCUT2D eigenvalue weighted by atomic mass is 15.0. The Kier molecular flexibility index (Phi) is 3.25. The van der Waals surface area contributed by atoms with Crippen molar-refractivity contribution in [1.82, 2.24) is 19.9 Å². The van der Waals surface area contributed by atoms with Crippen LogP contribution in [0.25, 0.3) is 11.0 Å². The molecule has 0 aliphatic heterocycles. The molecule has 0 spiro atoms. The second kappa shape index (κ2) is 5.40. The maximum absolute atomic E-state index is 4.71. The first-order chi connectivity index (χ1) is 10.8. The van der Waals surface area contributed by atoms with Crippen molar-refractivity contribution in [3.8, 4) is 0 Å². The van der Waals surface area contributed by atoms with Crippen LogP contribution in [0.4, 0.5) is 5.82 Å². The van der Waals surface area contributed by atoms with E-state index in [1.165, 1.54) is 17.7 Å². The molecule has 0 atom stereocenters. The highest BCUT2D eigenvalue weighted by Gasteiger charge is 2.16. The van der Waals surface area contributed by atoms with Crippen LogP contribution in [0.15, 0.2) is 24.4 Å². The summed E-state index contributed by atoms with van der Waals surface area (Å²) >= 11 is 0. The first kappa shape index (κ1) is 13.2. The summed E-state index contributed by atoms with van der Waals surface area (Å²) in [5, 5.41) is 4.48. The van der Waals surface area contributed by atoms with Gasteiger partial charge in [0.1, 0.15) is 17.3 Å². The predicted molar refractivity (Wildman–Crippen MR) is 87.1 cm³/mol. The molecular weight excluding hydrogens is 274 g/mol. The lowest BCUT2D eigenvalue weighted by atomic mass is 10.2. The minimum Gasteiger partial charge on any atom is -0.370 e. The molecule has 0 fully saturated rings. The summed E-state index contributed by atoms with van der Waals surface area (Å²) in [5.41, 5.74) is 4.70. The fourth-order valence-electron chi connectivity index (χ4n) is 3.13. The lowest BCUT2D eigenvalue weighted by molar-refractivity contribution is 0.846. The van der Waals surface area contributed by atoms with Crippen LogP contribution in [-0.4, -0.2) is 26.5 Å². The van der Waals surface area contributed by atoms with Crippen LogP contribution in [0.1, 0.15) is 29.2 Å². The summed E-state index contributed by atoms with van der Waals surface area (Å²) in [5.74, 6) is 1.82. The van der Waals surface area contributed by atoms with E-state index in [1.54, 1.807) is 0 Å². The number of hydrogen-bond donors (Lipinski definition) is 2. The van der Waals surface area contributed by atoms with E-state index in [0.29, 0.717) is 0 Å². The molecule has 0 saturated heterocycles. The molecule has 0 aromatic carbocycles. The standard InChI is InChI=1S/C17H19N5/c1-11-13-3-2-4-14(13)21-16(20-11)8-10-18-15-6-5-12-7-9-19-17(12)22-15/h5-7,9H,2-4,8,10H2,1H3,(H2,18,19,22). The minimum absolute atomic E-state index is 0.789. The second-order valence-corrected chi connectivity index (χ2v) is 5.79. The molecule has 3 heterocycles. The van der Waals surface area contributed by atoms with Gasteiger partial charge >= 0.3 is 0 Å². The Hall–Kier alpha value is -2.43. The quantitative estimate of drug-likeness (QED) is 0.776. The van der Waals surface area contributed by atoms with Crippen molar-refractivity contribution in [3.63, 3.8) is 0 Å². The van der Waals surface area contributed by atoms with Gasteiger partial charge in [-0.05, 0) is 49.9 Å². The molecule has 2 N–H and O–H groups in total. The third kappa shape index (κ3) is 2.43. The number of fused-ring (bicyclic) bond motifs is 2. The van der Waals surface area contributed by atoms with E-state index in [2.05, 4.69) is 33.3 Å². The lowest BCUT2D eigenvalue weighted by Crippen LogP contribution is -2.11. The maximum Gasteiger partial charge on any atom is 0.139 e. The van der Waals surface area contributed by atoms with Crippen LogP contribution in [0, 0.1) is 6.92 Å². The number of aromatic amines is 1. The van der Waals surface area contributed by atoms with Crippen LogP contribution in [0.2, 0.25) is 0 Å². The maximum atomic E-state index is 4.71. The number of H-pyrrole nitrogens is 1. The molecule has 5 nitrogen and oxygen atoms in total. The molecular formula is C17H19N5. The number of anilines is 1. The largest absolute Gasteiger partial charge is 0.370 e. The summed E-state index contributed by atoms with van der Waals surface area (Å²) in [6.07, 6.45) is 6.18. The summed E-state index contributed by atoms with van der Waals surface area (Å²) < 4.78 is 0. The lowest BCUT2D eigenvalue weighted by Gasteiger charge is -2.08. The molecule has 3 aromatic rings. The summed E-state index contributed by atoms with van der Waals surface area (Å²) in [7, 11) is 0. The normalized spacial score (nSPS) is 13.5. The van der Waals surface area contributed by atoms with Crippen molar-refractivity contribution in [2.45, 2.75) is 32.6 Å². The summed E-state index contributed by atoms with van der Waals surface area (Å²) in [4.78, 5) is 17.0. The molecule has 0 radical (unpaired) electrons. The van der Waals surface area contributed by atoms with E-state index < -0.39 is 0 Å². The van der Waals surface area contributed by atoms with Gasteiger partial charge in [0.05, 0.1) is 0 Å². The van der Waals surface area contributed by atoms with Crippen molar-refractivity contribution in [1.29, 1.82) is 0 Å². The van der Waals surface area contributed by atoms with E-state index in [0.717, 1.165) is 54.2 Å². The molecule has 0 amide bonds. The van der Waals surface area contributed by atoms with Gasteiger partial charge in [-0.1, -0.05) is 0 Å². The van der Waals surface area contributed by atoms with Gasteiger partial charge in [0.2, 0.25) is 0 Å². The number of nitrogens with one attached hydrogen (secondary N) is 2. The molecule has 1 aliphatic carbocycles. The Morgan fingerprint density at radius 1 is 1.14 bits per heavy atom. The van der Waals surface area contributed by atoms with Gasteiger partial charge in [0.25, 0.3) is 0 Å². The molecule has 0 bridgehead atoms. The first-order valence-corrected chi connectivity index (χ1v) is 7.83. The third-order valence-electron chi connectivity index (χ3n) is 4.25. The Morgan fingerprint density at radius 3 is 3.05 bits per heavy atom. The molecule has 3 aromatic heterocycles. The topological polar surface area (TPSA) is 66.5 Å². The number of pyridine rings is 1. The van der Waals surface area contributed by atoms with E-state index in [4.69, 9.17) is 4.98 Å². The van der Waals surface area contributed by atoms with E-state index >= 15 is 0 Å². The highest BCUT2D eigenvalue weighted by Crippen LogP contribution is 2.22. The van der Waals surface area contributed by atoms with E-state index in [-0.39, 0.29) is 0 Å². The Bertz CT molecular complexity index is 821. The minimum atomic E-state index is 0.789. The molecule has 5 heteroatoms. The van der Waals surface area contributed by atoms with Crippen LogP contribution >= 0.6 is 0 Å².